The summed E-state index contributed by atoms with van der Waals surface area (Å²) in [6, 6.07) is 12.6. The first-order chi connectivity index (χ1) is 11.5. The Morgan fingerprint density at radius 3 is 2.62 bits per heavy atom. The van der Waals surface area contributed by atoms with Gasteiger partial charge in [-0.05, 0) is 47.7 Å². The fourth-order valence-corrected chi connectivity index (χ4v) is 3.33. The number of rotatable bonds is 5. The number of benzene rings is 2. The minimum Gasteiger partial charge on any atom is -0.293 e. The van der Waals surface area contributed by atoms with Crippen molar-refractivity contribution in [3.63, 3.8) is 0 Å². The van der Waals surface area contributed by atoms with E-state index in [2.05, 4.69) is 15.5 Å². The molecule has 0 saturated carbocycles. The van der Waals surface area contributed by atoms with Crippen molar-refractivity contribution >= 4 is 40.7 Å². The van der Waals surface area contributed by atoms with E-state index in [9.17, 15) is 4.79 Å². The molecule has 3 aromatic rings. The molecule has 8 heteroatoms. The summed E-state index contributed by atoms with van der Waals surface area (Å²) in [6.07, 6.45) is 0. The van der Waals surface area contributed by atoms with E-state index in [0.717, 1.165) is 11.3 Å². The van der Waals surface area contributed by atoms with Crippen LogP contribution in [-0.4, -0.2) is 31.7 Å². The predicted molar refractivity (Wildman–Crippen MR) is 95.4 cm³/mol. The number of tetrazole rings is 1. The van der Waals surface area contributed by atoms with Gasteiger partial charge in [0.1, 0.15) is 0 Å². The number of hydrogen-bond acceptors (Lipinski definition) is 5. The highest BCUT2D eigenvalue weighted by Gasteiger charge is 2.15. The molecule has 0 radical (unpaired) electrons. The normalized spacial score (nSPS) is 10.8. The van der Waals surface area contributed by atoms with E-state index in [1.54, 1.807) is 22.9 Å². The molecule has 0 spiro atoms. The molecule has 0 bridgehead atoms. The Balaban J connectivity index is 1.75. The molecule has 0 aliphatic heterocycles. The molecule has 1 aromatic heterocycles. The largest absolute Gasteiger partial charge is 0.293 e. The molecule has 0 fully saturated rings. The fraction of sp³-hybridized carbons (Fsp3) is 0.125. The Labute approximate surface area is 153 Å². The van der Waals surface area contributed by atoms with Crippen molar-refractivity contribution in [1.29, 1.82) is 0 Å². The number of aryl methyl sites for hydroxylation is 1. The summed E-state index contributed by atoms with van der Waals surface area (Å²) in [6.45, 7) is 2.01. The molecule has 0 saturated heterocycles. The van der Waals surface area contributed by atoms with E-state index in [0.29, 0.717) is 20.8 Å². The molecular formula is C16H12Cl2N4OS. The van der Waals surface area contributed by atoms with E-state index >= 15 is 0 Å². The zero-order valence-corrected chi connectivity index (χ0v) is 14.9. The van der Waals surface area contributed by atoms with Crippen LogP contribution in [0.25, 0.3) is 5.69 Å². The van der Waals surface area contributed by atoms with Crippen molar-refractivity contribution in [2.24, 2.45) is 0 Å². The molecule has 0 aliphatic carbocycles. The molecule has 0 unspecified atom stereocenters. The molecule has 5 nitrogen and oxygen atoms in total. The van der Waals surface area contributed by atoms with Gasteiger partial charge in [0, 0.05) is 10.6 Å². The van der Waals surface area contributed by atoms with Gasteiger partial charge in [-0.25, -0.2) is 0 Å². The highest BCUT2D eigenvalue weighted by molar-refractivity contribution is 7.99. The van der Waals surface area contributed by atoms with Crippen LogP contribution in [0.1, 0.15) is 15.9 Å². The van der Waals surface area contributed by atoms with Gasteiger partial charge in [0.15, 0.2) is 5.78 Å². The van der Waals surface area contributed by atoms with Gasteiger partial charge in [-0.1, -0.05) is 52.7 Å². The lowest BCUT2D eigenvalue weighted by Gasteiger charge is -2.05. The third-order valence-electron chi connectivity index (χ3n) is 3.28. The van der Waals surface area contributed by atoms with Crippen LogP contribution in [-0.2, 0) is 0 Å². The lowest BCUT2D eigenvalue weighted by atomic mass is 10.1. The van der Waals surface area contributed by atoms with Crippen LogP contribution >= 0.6 is 35.0 Å². The number of hydrogen-bond donors (Lipinski definition) is 0. The number of aromatic nitrogens is 4. The zero-order valence-electron chi connectivity index (χ0n) is 12.6. The van der Waals surface area contributed by atoms with E-state index < -0.39 is 0 Å². The summed E-state index contributed by atoms with van der Waals surface area (Å²) in [5.74, 6) is 0.0632. The Morgan fingerprint density at radius 1 is 1.17 bits per heavy atom. The second-order valence-electron chi connectivity index (χ2n) is 5.04. The third kappa shape index (κ3) is 3.77. The summed E-state index contributed by atoms with van der Waals surface area (Å²) < 4.78 is 1.60. The first-order valence-electron chi connectivity index (χ1n) is 7.01. The predicted octanol–water partition coefficient (Wildman–Crippen LogP) is 4.25. The SMILES string of the molecule is Cc1ccc(-n2nnnc2SCC(=O)c2ccc(Cl)cc2Cl)cc1. The highest BCUT2D eigenvalue weighted by Crippen LogP contribution is 2.24. The van der Waals surface area contributed by atoms with Crippen LogP contribution in [0.3, 0.4) is 0 Å². The summed E-state index contributed by atoms with van der Waals surface area (Å²) in [4.78, 5) is 12.3. The summed E-state index contributed by atoms with van der Waals surface area (Å²) in [7, 11) is 0. The molecule has 3 rings (SSSR count). The Kier molecular flexibility index (Phi) is 5.18. The monoisotopic (exact) mass is 378 g/mol. The Hall–Kier alpha value is -1.89. The topological polar surface area (TPSA) is 60.7 Å². The molecule has 0 N–H and O–H groups in total. The first-order valence-corrected chi connectivity index (χ1v) is 8.75. The minimum absolute atomic E-state index is 0.111. The molecule has 0 atom stereocenters. The van der Waals surface area contributed by atoms with E-state index in [4.69, 9.17) is 23.2 Å². The lowest BCUT2D eigenvalue weighted by molar-refractivity contribution is 0.102. The first kappa shape index (κ1) is 17.0. The zero-order chi connectivity index (χ0) is 17.1. The van der Waals surface area contributed by atoms with Crippen LogP contribution in [0, 0.1) is 6.92 Å². The van der Waals surface area contributed by atoms with Crippen molar-refractivity contribution in [2.75, 3.05) is 5.75 Å². The maximum absolute atomic E-state index is 12.3. The second-order valence-corrected chi connectivity index (χ2v) is 6.83. The lowest BCUT2D eigenvalue weighted by Crippen LogP contribution is -2.05. The number of carbonyl (C=O) groups excluding carboxylic acids is 1. The van der Waals surface area contributed by atoms with Gasteiger partial charge in [0.05, 0.1) is 16.5 Å². The number of halogens is 2. The standard InChI is InChI=1S/C16H12Cl2N4OS/c1-10-2-5-12(6-3-10)22-16(19-20-21-22)24-9-15(23)13-7-4-11(17)8-14(13)18/h2-8H,9H2,1H3. The molecule has 0 amide bonds. The van der Waals surface area contributed by atoms with Gasteiger partial charge >= 0.3 is 0 Å². The molecule has 0 aliphatic rings. The minimum atomic E-state index is -0.111. The van der Waals surface area contributed by atoms with Gasteiger partial charge in [0.25, 0.3) is 0 Å². The summed E-state index contributed by atoms with van der Waals surface area (Å²) in [5, 5.41) is 13.0. The summed E-state index contributed by atoms with van der Waals surface area (Å²) in [5.41, 5.74) is 2.42. The van der Waals surface area contributed by atoms with Crippen molar-refractivity contribution in [3.8, 4) is 5.69 Å². The summed E-state index contributed by atoms with van der Waals surface area (Å²) >= 11 is 13.2. The number of thioether (sulfide) groups is 1. The van der Waals surface area contributed by atoms with Crippen molar-refractivity contribution in [2.45, 2.75) is 12.1 Å². The van der Waals surface area contributed by atoms with Crippen LogP contribution in [0.4, 0.5) is 0 Å². The molecule has 1 heterocycles. The maximum atomic E-state index is 12.3. The smallest absolute Gasteiger partial charge is 0.214 e. The molecule has 122 valence electrons. The third-order valence-corrected chi connectivity index (χ3v) is 4.75. The van der Waals surface area contributed by atoms with Gasteiger partial charge < -0.3 is 0 Å². The van der Waals surface area contributed by atoms with Crippen molar-refractivity contribution in [1.82, 2.24) is 20.2 Å². The van der Waals surface area contributed by atoms with Gasteiger partial charge in [0.2, 0.25) is 5.16 Å². The molecule has 24 heavy (non-hydrogen) atoms. The second kappa shape index (κ2) is 7.34. The number of Topliss-reactive ketones (excluding diaryl/α,β-unsaturated/α-hetero) is 1. The van der Waals surface area contributed by atoms with Crippen LogP contribution < -0.4 is 0 Å². The number of nitrogens with zero attached hydrogens (tertiary/aromatic N) is 4. The van der Waals surface area contributed by atoms with Crippen LogP contribution in [0.2, 0.25) is 10.0 Å². The number of carbonyl (C=O) groups is 1. The number of ketones is 1. The van der Waals surface area contributed by atoms with E-state index in [-0.39, 0.29) is 11.5 Å². The average Bonchev–Trinajstić information content (AvgIpc) is 3.02. The average molecular weight is 379 g/mol. The van der Waals surface area contributed by atoms with Crippen molar-refractivity contribution in [3.05, 3.63) is 63.6 Å². The molecule has 2 aromatic carbocycles. The Bertz CT molecular complexity index is 880. The van der Waals surface area contributed by atoms with Crippen molar-refractivity contribution < 1.29 is 4.79 Å². The maximum Gasteiger partial charge on any atom is 0.214 e. The quantitative estimate of drug-likeness (QED) is 0.490. The van der Waals surface area contributed by atoms with Crippen LogP contribution in [0.15, 0.2) is 47.6 Å². The van der Waals surface area contributed by atoms with Gasteiger partial charge in [-0.3, -0.25) is 4.79 Å². The highest BCUT2D eigenvalue weighted by atomic mass is 35.5. The Morgan fingerprint density at radius 2 is 1.92 bits per heavy atom. The van der Waals surface area contributed by atoms with Gasteiger partial charge in [-0.15, -0.1) is 5.10 Å². The van der Waals surface area contributed by atoms with Gasteiger partial charge in [-0.2, -0.15) is 4.68 Å². The molecular weight excluding hydrogens is 367 g/mol. The van der Waals surface area contributed by atoms with E-state index in [1.807, 2.05) is 31.2 Å². The fourth-order valence-electron chi connectivity index (χ4n) is 2.04. The van der Waals surface area contributed by atoms with Crippen LogP contribution in [0.5, 0.6) is 0 Å². The van der Waals surface area contributed by atoms with E-state index in [1.165, 1.54) is 11.8 Å².